The molecule has 8 heteroatoms. The van der Waals surface area contributed by atoms with Crippen LogP contribution in [0.25, 0.3) is 11.1 Å². The van der Waals surface area contributed by atoms with E-state index in [0.29, 0.717) is 0 Å². The van der Waals surface area contributed by atoms with E-state index in [1.54, 1.807) is 0 Å². The highest BCUT2D eigenvalue weighted by Gasteiger charge is 2.51. The van der Waals surface area contributed by atoms with Gasteiger partial charge in [-0.2, -0.15) is 0 Å². The fourth-order valence-electron chi connectivity index (χ4n) is 5.11. The van der Waals surface area contributed by atoms with Crippen LogP contribution in [0.4, 0.5) is 0 Å². The first kappa shape index (κ1) is 36.8. The summed E-state index contributed by atoms with van der Waals surface area (Å²) in [5, 5.41) is 0. The lowest BCUT2D eigenvalue weighted by molar-refractivity contribution is -0.00433. The predicted molar refractivity (Wildman–Crippen MR) is 178 cm³/mol. The quantitative estimate of drug-likeness (QED) is 0.165. The van der Waals surface area contributed by atoms with Gasteiger partial charge in [-0.25, -0.2) is 0 Å². The van der Waals surface area contributed by atoms with Crippen molar-refractivity contribution in [2.45, 2.75) is 145 Å². The lowest BCUT2D eigenvalue weighted by Crippen LogP contribution is -2.55. The molecule has 0 amide bonds. The number of hydrogen-bond donors (Lipinski definition) is 0. The molecule has 0 saturated carbocycles. The zero-order valence-corrected chi connectivity index (χ0v) is 30.7. The second kappa shape index (κ2) is 16.1. The molecule has 0 fully saturated rings. The molecule has 0 radical (unpaired) electrons. The minimum Gasteiger partial charge on any atom is -0.371 e. The zero-order chi connectivity index (χ0) is 31.8. The molecule has 2 rings (SSSR count). The Morgan fingerprint density at radius 3 is 1.05 bits per heavy atom. The van der Waals surface area contributed by atoms with Crippen molar-refractivity contribution in [3.8, 4) is 11.1 Å². The molecule has 0 aliphatic heterocycles. The standard InChI is InChI=1S/C34H58O6Si2/c1-23(2)35-41(36-24(3)4,37-25(5)6)29(13)31-18-20-32(21-19-31)34-17-15-16-33(22-34)30(14)42(38-26(7)8,39-27(9)10)40-28(11)12/h15-30H,1-14H3/t29-,30+/m0/s1. The minimum atomic E-state index is -3.08. The van der Waals surface area contributed by atoms with Crippen LogP contribution < -0.4 is 0 Å². The van der Waals surface area contributed by atoms with Crippen molar-refractivity contribution in [2.75, 3.05) is 0 Å². The first-order valence-electron chi connectivity index (χ1n) is 15.8. The number of hydrogen-bond acceptors (Lipinski definition) is 6. The molecule has 2 aromatic carbocycles. The summed E-state index contributed by atoms with van der Waals surface area (Å²) in [5.41, 5.74) is 4.50. The summed E-state index contributed by atoms with van der Waals surface area (Å²) in [6.07, 6.45) is -0.0435. The van der Waals surface area contributed by atoms with E-state index in [4.69, 9.17) is 26.6 Å². The van der Waals surface area contributed by atoms with Gasteiger partial charge in [0.05, 0.1) is 11.1 Å². The summed E-state index contributed by atoms with van der Waals surface area (Å²) < 4.78 is 39.1. The lowest BCUT2D eigenvalue weighted by atomic mass is 10.0. The van der Waals surface area contributed by atoms with Gasteiger partial charge in [0, 0.05) is 36.6 Å². The van der Waals surface area contributed by atoms with Crippen molar-refractivity contribution in [2.24, 2.45) is 0 Å². The van der Waals surface area contributed by atoms with Crippen LogP contribution in [-0.2, 0) is 26.6 Å². The first-order chi connectivity index (χ1) is 19.5. The highest BCUT2D eigenvalue weighted by atomic mass is 28.4. The molecule has 0 N–H and O–H groups in total. The largest absolute Gasteiger partial charge is 0.509 e. The van der Waals surface area contributed by atoms with E-state index in [1.165, 1.54) is 0 Å². The van der Waals surface area contributed by atoms with Gasteiger partial charge in [0.2, 0.25) is 0 Å². The van der Waals surface area contributed by atoms with E-state index in [1.807, 2.05) is 83.1 Å². The molecule has 0 saturated heterocycles. The van der Waals surface area contributed by atoms with Crippen LogP contribution in [0.2, 0.25) is 0 Å². The number of rotatable bonds is 17. The maximum atomic E-state index is 6.54. The topological polar surface area (TPSA) is 55.4 Å². The van der Waals surface area contributed by atoms with Crippen LogP contribution in [0.1, 0.15) is 119 Å². The monoisotopic (exact) mass is 618 g/mol. The van der Waals surface area contributed by atoms with E-state index >= 15 is 0 Å². The second-order valence-corrected chi connectivity index (χ2v) is 18.5. The predicted octanol–water partition coefficient (Wildman–Crippen LogP) is 9.07. The van der Waals surface area contributed by atoms with Crippen molar-refractivity contribution in [1.82, 2.24) is 0 Å². The van der Waals surface area contributed by atoms with E-state index in [-0.39, 0.29) is 47.7 Å². The van der Waals surface area contributed by atoms with E-state index in [2.05, 4.69) is 62.4 Å². The molecule has 6 nitrogen and oxygen atoms in total. The van der Waals surface area contributed by atoms with Gasteiger partial charge in [-0.15, -0.1) is 0 Å². The summed E-state index contributed by atoms with van der Waals surface area (Å²) in [6, 6.07) is 17.4. The Kier molecular flexibility index (Phi) is 14.1. The summed E-state index contributed by atoms with van der Waals surface area (Å²) in [7, 11) is -6.12. The van der Waals surface area contributed by atoms with Crippen molar-refractivity contribution in [3.05, 3.63) is 59.7 Å². The Morgan fingerprint density at radius 2 is 0.714 bits per heavy atom. The third kappa shape index (κ3) is 10.4. The molecule has 0 spiro atoms. The first-order valence-corrected chi connectivity index (χ1v) is 19.4. The summed E-state index contributed by atoms with van der Waals surface area (Å²) in [6.45, 7) is 28.9. The molecule has 2 atom stereocenters. The molecule has 42 heavy (non-hydrogen) atoms. The second-order valence-electron chi connectivity index (χ2n) is 12.9. The van der Waals surface area contributed by atoms with Crippen LogP contribution in [0, 0.1) is 0 Å². The zero-order valence-electron chi connectivity index (χ0n) is 28.7. The average Bonchev–Trinajstić information content (AvgIpc) is 2.85. The Balaban J connectivity index is 2.48. The van der Waals surface area contributed by atoms with Gasteiger partial charge < -0.3 is 26.6 Å². The van der Waals surface area contributed by atoms with Crippen LogP contribution in [0.5, 0.6) is 0 Å². The van der Waals surface area contributed by atoms with Crippen LogP contribution in [0.3, 0.4) is 0 Å². The lowest BCUT2D eigenvalue weighted by Gasteiger charge is -2.38. The van der Waals surface area contributed by atoms with Gasteiger partial charge in [-0.05, 0) is 105 Å². The van der Waals surface area contributed by atoms with Crippen LogP contribution in [-0.4, -0.2) is 54.2 Å². The van der Waals surface area contributed by atoms with Gasteiger partial charge in [-0.3, -0.25) is 0 Å². The van der Waals surface area contributed by atoms with Gasteiger partial charge in [0.25, 0.3) is 0 Å². The SMILES string of the molecule is CC(C)O[Si](OC(C)C)(OC(C)C)[C@H](C)c1cccc(-c2ccc([C@H](C)[Si](OC(C)C)(OC(C)C)OC(C)C)cc2)c1. The fraction of sp³-hybridized carbons (Fsp3) is 0.647. The molecular weight excluding hydrogens is 561 g/mol. The summed E-state index contributed by atoms with van der Waals surface area (Å²) >= 11 is 0. The summed E-state index contributed by atoms with van der Waals surface area (Å²) in [4.78, 5) is 0. The molecule has 0 heterocycles. The highest BCUT2D eigenvalue weighted by Crippen LogP contribution is 2.37. The van der Waals surface area contributed by atoms with Crippen molar-refractivity contribution < 1.29 is 26.6 Å². The van der Waals surface area contributed by atoms with Gasteiger partial charge in [0.15, 0.2) is 0 Å². The molecule has 0 aromatic heterocycles. The third-order valence-electron chi connectivity index (χ3n) is 6.59. The molecule has 0 bridgehead atoms. The van der Waals surface area contributed by atoms with Crippen molar-refractivity contribution >= 4 is 17.6 Å². The molecule has 2 aromatic rings. The minimum absolute atomic E-state index is 0.00434. The Hall–Kier alpha value is -1.37. The average molecular weight is 619 g/mol. The van der Waals surface area contributed by atoms with Crippen molar-refractivity contribution in [1.29, 1.82) is 0 Å². The molecular formula is C34H58O6Si2. The maximum Gasteiger partial charge on any atom is 0.509 e. The summed E-state index contributed by atoms with van der Waals surface area (Å²) in [5.74, 6) is 0. The molecule has 238 valence electrons. The van der Waals surface area contributed by atoms with Gasteiger partial charge in [-0.1, -0.05) is 62.4 Å². The normalized spacial score (nSPS) is 14.7. The molecule has 0 unspecified atom stereocenters. The van der Waals surface area contributed by atoms with Crippen LogP contribution >= 0.6 is 0 Å². The Labute approximate surface area is 259 Å². The maximum absolute atomic E-state index is 6.54. The van der Waals surface area contributed by atoms with Crippen molar-refractivity contribution in [3.63, 3.8) is 0 Å². The molecule has 0 aliphatic carbocycles. The third-order valence-corrected chi connectivity index (χ3v) is 14.2. The van der Waals surface area contributed by atoms with E-state index in [0.717, 1.165) is 22.3 Å². The fourth-order valence-corrected chi connectivity index (χ4v) is 11.8. The van der Waals surface area contributed by atoms with Gasteiger partial charge >= 0.3 is 17.6 Å². The number of benzene rings is 2. The Bertz CT molecular complexity index is 1010. The Morgan fingerprint density at radius 1 is 0.381 bits per heavy atom. The van der Waals surface area contributed by atoms with Crippen LogP contribution in [0.15, 0.2) is 48.5 Å². The smallest absolute Gasteiger partial charge is 0.371 e. The van der Waals surface area contributed by atoms with Gasteiger partial charge in [0.1, 0.15) is 0 Å². The van der Waals surface area contributed by atoms with E-state index < -0.39 is 17.6 Å². The molecule has 0 aliphatic rings. The highest BCUT2D eigenvalue weighted by molar-refractivity contribution is 6.63. The van der Waals surface area contributed by atoms with E-state index in [9.17, 15) is 0 Å².